The molecule has 1 aliphatic heterocycles. The fraction of sp³-hybridized carbons (Fsp3) is 0.600. The van der Waals surface area contributed by atoms with Gasteiger partial charge in [-0.05, 0) is 42.9 Å². The molecule has 2 nitrogen and oxygen atoms in total. The Labute approximate surface area is 105 Å². The first-order chi connectivity index (χ1) is 8.29. The van der Waals surface area contributed by atoms with E-state index >= 15 is 0 Å². The third-order valence-corrected chi connectivity index (χ3v) is 3.74. The molecule has 0 aliphatic carbocycles. The van der Waals surface area contributed by atoms with Crippen molar-refractivity contribution in [1.82, 2.24) is 4.90 Å². The van der Waals surface area contributed by atoms with Crippen molar-refractivity contribution < 1.29 is 0 Å². The van der Waals surface area contributed by atoms with Gasteiger partial charge in [0.15, 0.2) is 0 Å². The fourth-order valence-corrected chi connectivity index (χ4v) is 2.71. The minimum Gasteiger partial charge on any atom is -0.330 e. The lowest BCUT2D eigenvalue weighted by molar-refractivity contribution is 0.243. The first-order valence-electron chi connectivity index (χ1n) is 6.79. The number of benzene rings is 1. The molecule has 1 aliphatic rings. The number of hydrogen-bond acceptors (Lipinski definition) is 2. The highest BCUT2D eigenvalue weighted by Crippen LogP contribution is 2.16. The summed E-state index contributed by atoms with van der Waals surface area (Å²) in [6.07, 6.45) is 3.54. The van der Waals surface area contributed by atoms with Crippen molar-refractivity contribution in [3.8, 4) is 0 Å². The van der Waals surface area contributed by atoms with Gasteiger partial charge in [0.1, 0.15) is 0 Å². The summed E-state index contributed by atoms with van der Waals surface area (Å²) in [5, 5.41) is 0. The van der Waals surface area contributed by atoms with Gasteiger partial charge in [-0.2, -0.15) is 0 Å². The van der Waals surface area contributed by atoms with E-state index in [2.05, 4.69) is 36.1 Å². The zero-order valence-electron chi connectivity index (χ0n) is 10.9. The Kier molecular flexibility index (Phi) is 4.57. The molecule has 17 heavy (non-hydrogen) atoms. The van der Waals surface area contributed by atoms with Gasteiger partial charge in [-0.15, -0.1) is 0 Å². The molecule has 0 fully saturated rings. The Morgan fingerprint density at radius 3 is 2.29 bits per heavy atom. The van der Waals surface area contributed by atoms with Gasteiger partial charge in [0.25, 0.3) is 0 Å². The molecule has 1 aromatic carbocycles. The first-order valence-corrected chi connectivity index (χ1v) is 6.79. The van der Waals surface area contributed by atoms with Crippen LogP contribution in [-0.4, -0.2) is 31.1 Å². The van der Waals surface area contributed by atoms with Crippen LogP contribution in [0.3, 0.4) is 0 Å². The van der Waals surface area contributed by atoms with E-state index in [4.69, 9.17) is 5.73 Å². The van der Waals surface area contributed by atoms with E-state index in [0.29, 0.717) is 0 Å². The van der Waals surface area contributed by atoms with E-state index in [1.807, 2.05) is 0 Å². The summed E-state index contributed by atoms with van der Waals surface area (Å²) in [6.45, 7) is 6.73. The first kappa shape index (κ1) is 12.6. The number of nitrogens with zero attached hydrogens (tertiary/aromatic N) is 1. The second kappa shape index (κ2) is 6.18. The Hall–Kier alpha value is -0.860. The molecule has 2 heteroatoms. The number of hydrogen-bond donors (Lipinski definition) is 1. The maximum atomic E-state index is 5.62. The summed E-state index contributed by atoms with van der Waals surface area (Å²) >= 11 is 0. The molecule has 0 aromatic heterocycles. The molecule has 1 atom stereocenters. The molecule has 2 N–H and O–H groups in total. The summed E-state index contributed by atoms with van der Waals surface area (Å²) in [4.78, 5) is 2.60. The predicted octanol–water partition coefficient (Wildman–Crippen LogP) is 2.07. The lowest BCUT2D eigenvalue weighted by Crippen LogP contribution is -2.31. The van der Waals surface area contributed by atoms with Crippen molar-refractivity contribution in [1.29, 1.82) is 0 Å². The molecular formula is C15H24N2. The largest absolute Gasteiger partial charge is 0.330 e. The maximum absolute atomic E-state index is 5.62. The van der Waals surface area contributed by atoms with Crippen molar-refractivity contribution in [2.75, 3.05) is 26.2 Å². The van der Waals surface area contributed by atoms with Crippen molar-refractivity contribution in [2.24, 2.45) is 11.7 Å². The average Bonchev–Trinajstić information content (AvgIpc) is 2.53. The van der Waals surface area contributed by atoms with Crippen LogP contribution in [0.1, 0.15) is 24.5 Å². The molecule has 0 saturated carbocycles. The fourth-order valence-electron chi connectivity index (χ4n) is 2.71. The lowest BCUT2D eigenvalue weighted by atomic mass is 10.0. The van der Waals surface area contributed by atoms with Gasteiger partial charge in [0.2, 0.25) is 0 Å². The minimum absolute atomic E-state index is 0.723. The quantitative estimate of drug-likeness (QED) is 0.861. The van der Waals surface area contributed by atoms with Gasteiger partial charge in [-0.3, -0.25) is 0 Å². The van der Waals surface area contributed by atoms with E-state index in [1.165, 1.54) is 32.5 Å². The van der Waals surface area contributed by atoms with E-state index in [1.54, 1.807) is 11.1 Å². The van der Waals surface area contributed by atoms with Crippen molar-refractivity contribution in [3.05, 3.63) is 35.4 Å². The van der Waals surface area contributed by atoms with Crippen LogP contribution in [0.15, 0.2) is 24.3 Å². The highest BCUT2D eigenvalue weighted by atomic mass is 15.1. The second-order valence-corrected chi connectivity index (χ2v) is 5.25. The van der Waals surface area contributed by atoms with Crippen molar-refractivity contribution >= 4 is 0 Å². The SMILES string of the molecule is CC(CCN)CN1CCc2ccccc2CC1. The molecular weight excluding hydrogens is 208 g/mol. The third-order valence-electron chi connectivity index (χ3n) is 3.74. The van der Waals surface area contributed by atoms with Gasteiger partial charge in [-0.1, -0.05) is 31.2 Å². The van der Waals surface area contributed by atoms with Gasteiger partial charge >= 0.3 is 0 Å². The van der Waals surface area contributed by atoms with Crippen molar-refractivity contribution in [2.45, 2.75) is 26.2 Å². The monoisotopic (exact) mass is 232 g/mol. The van der Waals surface area contributed by atoms with Crippen LogP contribution in [0.5, 0.6) is 0 Å². The standard InChI is InChI=1S/C15H24N2/c1-13(6-9-16)12-17-10-7-14-4-2-3-5-15(14)8-11-17/h2-5,13H,6-12,16H2,1H3. The summed E-state index contributed by atoms with van der Waals surface area (Å²) < 4.78 is 0. The molecule has 2 rings (SSSR count). The van der Waals surface area contributed by atoms with Crippen LogP contribution >= 0.6 is 0 Å². The van der Waals surface area contributed by atoms with E-state index in [0.717, 1.165) is 18.9 Å². The number of nitrogens with two attached hydrogens (primary N) is 1. The van der Waals surface area contributed by atoms with Crippen molar-refractivity contribution in [3.63, 3.8) is 0 Å². The van der Waals surface area contributed by atoms with Gasteiger partial charge in [-0.25, -0.2) is 0 Å². The van der Waals surface area contributed by atoms with E-state index < -0.39 is 0 Å². The summed E-state index contributed by atoms with van der Waals surface area (Å²) in [6, 6.07) is 8.88. The topological polar surface area (TPSA) is 29.3 Å². The highest BCUT2D eigenvalue weighted by Gasteiger charge is 2.15. The molecule has 0 bridgehead atoms. The van der Waals surface area contributed by atoms with Gasteiger partial charge in [0, 0.05) is 19.6 Å². The predicted molar refractivity (Wildman–Crippen MR) is 73.1 cm³/mol. The van der Waals surface area contributed by atoms with Gasteiger partial charge < -0.3 is 10.6 Å². The highest BCUT2D eigenvalue weighted by molar-refractivity contribution is 5.28. The molecule has 0 radical (unpaired) electrons. The number of fused-ring (bicyclic) bond motifs is 1. The zero-order chi connectivity index (χ0) is 12.1. The molecule has 1 aromatic rings. The lowest BCUT2D eigenvalue weighted by Gasteiger charge is -2.23. The Morgan fingerprint density at radius 2 is 1.76 bits per heavy atom. The Balaban J connectivity index is 1.90. The minimum atomic E-state index is 0.723. The summed E-state index contributed by atoms with van der Waals surface area (Å²) in [5.41, 5.74) is 8.70. The zero-order valence-corrected chi connectivity index (χ0v) is 10.9. The molecule has 1 unspecified atom stereocenters. The van der Waals surface area contributed by atoms with Crippen LogP contribution in [-0.2, 0) is 12.8 Å². The molecule has 0 spiro atoms. The van der Waals surface area contributed by atoms with E-state index in [9.17, 15) is 0 Å². The summed E-state index contributed by atoms with van der Waals surface area (Å²) in [5.74, 6) is 0.723. The second-order valence-electron chi connectivity index (χ2n) is 5.25. The van der Waals surface area contributed by atoms with Crippen LogP contribution in [0.4, 0.5) is 0 Å². The molecule has 1 heterocycles. The van der Waals surface area contributed by atoms with Crippen LogP contribution in [0.2, 0.25) is 0 Å². The van der Waals surface area contributed by atoms with Crippen LogP contribution in [0.25, 0.3) is 0 Å². The average molecular weight is 232 g/mol. The number of rotatable bonds is 4. The summed E-state index contributed by atoms with van der Waals surface area (Å²) in [7, 11) is 0. The van der Waals surface area contributed by atoms with Gasteiger partial charge in [0.05, 0.1) is 0 Å². The van der Waals surface area contributed by atoms with Crippen LogP contribution in [0, 0.1) is 5.92 Å². The maximum Gasteiger partial charge on any atom is 0.00222 e. The Morgan fingerprint density at radius 1 is 1.18 bits per heavy atom. The molecule has 0 saturated heterocycles. The molecule has 94 valence electrons. The third kappa shape index (κ3) is 3.55. The normalized spacial score (nSPS) is 18.5. The molecule has 0 amide bonds. The smallest absolute Gasteiger partial charge is 0.00222 e. The van der Waals surface area contributed by atoms with Crippen LogP contribution < -0.4 is 5.73 Å². The Bertz CT molecular complexity index is 322. The van der Waals surface area contributed by atoms with E-state index in [-0.39, 0.29) is 0 Å².